The van der Waals surface area contributed by atoms with Gasteiger partial charge in [-0.3, -0.25) is 0 Å². The molecule has 5 heteroatoms. The molecule has 0 saturated carbocycles. The third kappa shape index (κ3) is 3.38. The molecule has 3 nitrogen and oxygen atoms in total. The van der Waals surface area contributed by atoms with Crippen molar-refractivity contribution in [3.8, 4) is 0 Å². The normalized spacial score (nSPS) is 19.8. The van der Waals surface area contributed by atoms with E-state index in [4.69, 9.17) is 4.98 Å². The van der Waals surface area contributed by atoms with E-state index in [0.717, 1.165) is 34.8 Å². The number of rotatable bonds is 4. The van der Waals surface area contributed by atoms with Crippen LogP contribution in [0.15, 0.2) is 4.47 Å². The molecule has 1 saturated heterocycles. The molecule has 1 aromatic heterocycles. The smallest absolute Gasteiger partial charge is 0.144 e. The van der Waals surface area contributed by atoms with Crippen LogP contribution in [0.5, 0.6) is 0 Å². The first-order chi connectivity index (χ1) is 8.72. The quantitative estimate of drug-likeness (QED) is 0.892. The Labute approximate surface area is 122 Å². The summed E-state index contributed by atoms with van der Waals surface area (Å²) in [5.74, 6) is 3.19. The van der Waals surface area contributed by atoms with E-state index in [1.54, 1.807) is 0 Å². The second kappa shape index (κ2) is 6.75. The van der Waals surface area contributed by atoms with Gasteiger partial charge in [-0.2, -0.15) is 11.8 Å². The fourth-order valence-corrected chi connectivity index (χ4v) is 3.59. The minimum Gasteiger partial charge on any atom is -0.369 e. The van der Waals surface area contributed by atoms with Gasteiger partial charge in [0.05, 0.1) is 15.4 Å². The lowest BCUT2D eigenvalue weighted by atomic mass is 10.2. The van der Waals surface area contributed by atoms with Crippen LogP contribution >= 0.6 is 27.7 Å². The zero-order valence-electron chi connectivity index (χ0n) is 11.0. The summed E-state index contributed by atoms with van der Waals surface area (Å²) < 4.78 is 1.00. The van der Waals surface area contributed by atoms with Gasteiger partial charge in [0, 0.05) is 6.54 Å². The summed E-state index contributed by atoms with van der Waals surface area (Å²) in [5.41, 5.74) is 1.03. The SMILES string of the molecule is CCCNc1nc(C2CCCCS2)nc(C)c1Br. The van der Waals surface area contributed by atoms with Crippen molar-refractivity contribution in [2.75, 3.05) is 17.6 Å². The lowest BCUT2D eigenvalue weighted by molar-refractivity contribution is 0.660. The number of hydrogen-bond donors (Lipinski definition) is 1. The lowest BCUT2D eigenvalue weighted by Gasteiger charge is -2.21. The first-order valence-electron chi connectivity index (χ1n) is 6.62. The maximum absolute atomic E-state index is 4.70. The number of thioether (sulfide) groups is 1. The van der Waals surface area contributed by atoms with Crippen molar-refractivity contribution in [3.05, 3.63) is 16.0 Å². The topological polar surface area (TPSA) is 37.8 Å². The lowest BCUT2D eigenvalue weighted by Crippen LogP contribution is -2.11. The first kappa shape index (κ1) is 14.1. The molecule has 1 fully saturated rings. The second-order valence-electron chi connectivity index (χ2n) is 4.61. The fourth-order valence-electron chi connectivity index (χ4n) is 2.03. The molecule has 100 valence electrons. The van der Waals surface area contributed by atoms with Crippen LogP contribution < -0.4 is 5.32 Å². The van der Waals surface area contributed by atoms with Crippen LogP contribution in [-0.4, -0.2) is 22.3 Å². The summed E-state index contributed by atoms with van der Waals surface area (Å²) in [6.45, 7) is 5.15. The summed E-state index contributed by atoms with van der Waals surface area (Å²) in [6, 6.07) is 0. The molecule has 0 spiro atoms. The largest absolute Gasteiger partial charge is 0.369 e. The van der Waals surface area contributed by atoms with Crippen molar-refractivity contribution in [2.24, 2.45) is 0 Å². The molecule has 1 atom stereocenters. The molecule has 2 rings (SSSR count). The Bertz CT molecular complexity index is 405. The first-order valence-corrected chi connectivity index (χ1v) is 8.46. The van der Waals surface area contributed by atoms with E-state index in [2.05, 4.69) is 33.2 Å². The van der Waals surface area contributed by atoms with E-state index in [1.807, 2.05) is 18.7 Å². The minimum absolute atomic E-state index is 0.479. The third-order valence-electron chi connectivity index (χ3n) is 3.04. The number of anilines is 1. The highest BCUT2D eigenvalue weighted by Crippen LogP contribution is 2.38. The molecule has 1 unspecified atom stereocenters. The molecule has 0 aromatic carbocycles. The molecular weight excluding hydrogens is 310 g/mol. The van der Waals surface area contributed by atoms with Gasteiger partial charge in [0.1, 0.15) is 11.6 Å². The standard InChI is InChI=1S/C13H20BrN3S/c1-3-7-15-13-11(14)9(2)16-12(17-13)10-6-4-5-8-18-10/h10H,3-8H2,1-2H3,(H,15,16,17). The monoisotopic (exact) mass is 329 g/mol. The summed E-state index contributed by atoms with van der Waals surface area (Å²) >= 11 is 5.57. The van der Waals surface area contributed by atoms with E-state index < -0.39 is 0 Å². The highest BCUT2D eigenvalue weighted by molar-refractivity contribution is 9.10. The molecule has 1 aliphatic heterocycles. The van der Waals surface area contributed by atoms with Crippen LogP contribution in [-0.2, 0) is 0 Å². The highest BCUT2D eigenvalue weighted by Gasteiger charge is 2.20. The molecule has 0 aliphatic carbocycles. The maximum atomic E-state index is 4.70. The zero-order valence-corrected chi connectivity index (χ0v) is 13.4. The number of nitrogens with one attached hydrogen (secondary N) is 1. The average molecular weight is 330 g/mol. The number of nitrogens with zero attached hydrogens (tertiary/aromatic N) is 2. The Kier molecular flexibility index (Phi) is 5.30. The van der Waals surface area contributed by atoms with Crippen molar-refractivity contribution in [3.63, 3.8) is 0 Å². The van der Waals surface area contributed by atoms with Gasteiger partial charge in [-0.1, -0.05) is 13.3 Å². The van der Waals surface area contributed by atoms with Gasteiger partial charge >= 0.3 is 0 Å². The molecule has 1 aliphatic rings. The Hall–Kier alpha value is -0.290. The number of halogens is 1. The van der Waals surface area contributed by atoms with E-state index in [-0.39, 0.29) is 0 Å². The van der Waals surface area contributed by atoms with Gasteiger partial charge in [0.25, 0.3) is 0 Å². The predicted octanol–water partition coefficient (Wildman–Crippen LogP) is 4.33. The Balaban J connectivity index is 2.22. The second-order valence-corrected chi connectivity index (χ2v) is 6.72. The van der Waals surface area contributed by atoms with Gasteiger partial charge in [-0.25, -0.2) is 9.97 Å². The minimum atomic E-state index is 0.479. The van der Waals surface area contributed by atoms with E-state index in [9.17, 15) is 0 Å². The molecule has 1 aromatic rings. The van der Waals surface area contributed by atoms with Crippen LogP contribution in [0.2, 0.25) is 0 Å². The van der Waals surface area contributed by atoms with Crippen molar-refractivity contribution in [1.82, 2.24) is 9.97 Å². The van der Waals surface area contributed by atoms with Crippen molar-refractivity contribution < 1.29 is 0 Å². The van der Waals surface area contributed by atoms with Crippen LogP contribution in [0.4, 0.5) is 5.82 Å². The third-order valence-corrected chi connectivity index (χ3v) is 5.37. The summed E-state index contributed by atoms with van der Waals surface area (Å²) in [6.07, 6.45) is 4.94. The molecule has 0 radical (unpaired) electrons. The van der Waals surface area contributed by atoms with Crippen molar-refractivity contribution >= 4 is 33.5 Å². The van der Waals surface area contributed by atoms with Gasteiger partial charge in [0.2, 0.25) is 0 Å². The van der Waals surface area contributed by atoms with E-state index in [0.29, 0.717) is 5.25 Å². The van der Waals surface area contributed by atoms with Crippen LogP contribution in [0, 0.1) is 6.92 Å². The Morgan fingerprint density at radius 3 is 2.89 bits per heavy atom. The summed E-state index contributed by atoms with van der Waals surface area (Å²) in [5, 5.41) is 3.86. The van der Waals surface area contributed by atoms with Crippen LogP contribution in [0.1, 0.15) is 49.4 Å². The molecule has 0 bridgehead atoms. The average Bonchev–Trinajstić information content (AvgIpc) is 2.41. The zero-order chi connectivity index (χ0) is 13.0. The summed E-state index contributed by atoms with van der Waals surface area (Å²) in [7, 11) is 0. The molecule has 18 heavy (non-hydrogen) atoms. The van der Waals surface area contributed by atoms with E-state index >= 15 is 0 Å². The Morgan fingerprint density at radius 1 is 1.39 bits per heavy atom. The molecule has 2 heterocycles. The van der Waals surface area contributed by atoms with Gasteiger partial charge in [-0.15, -0.1) is 0 Å². The maximum Gasteiger partial charge on any atom is 0.144 e. The molecule has 0 amide bonds. The van der Waals surface area contributed by atoms with Crippen LogP contribution in [0.3, 0.4) is 0 Å². The van der Waals surface area contributed by atoms with E-state index in [1.165, 1.54) is 25.0 Å². The predicted molar refractivity (Wildman–Crippen MR) is 82.3 cm³/mol. The molecular formula is C13H20BrN3S. The number of aromatic nitrogens is 2. The summed E-state index contributed by atoms with van der Waals surface area (Å²) in [4.78, 5) is 9.35. The van der Waals surface area contributed by atoms with Crippen molar-refractivity contribution in [1.29, 1.82) is 0 Å². The fraction of sp³-hybridized carbons (Fsp3) is 0.692. The molecule has 1 N–H and O–H groups in total. The van der Waals surface area contributed by atoms with Gasteiger partial charge in [0.15, 0.2) is 0 Å². The van der Waals surface area contributed by atoms with Gasteiger partial charge in [-0.05, 0) is 47.9 Å². The highest BCUT2D eigenvalue weighted by atomic mass is 79.9. The number of hydrogen-bond acceptors (Lipinski definition) is 4. The van der Waals surface area contributed by atoms with Crippen molar-refractivity contribution in [2.45, 2.75) is 44.8 Å². The Morgan fingerprint density at radius 2 is 2.22 bits per heavy atom. The van der Waals surface area contributed by atoms with Crippen LogP contribution in [0.25, 0.3) is 0 Å². The van der Waals surface area contributed by atoms with Gasteiger partial charge < -0.3 is 5.32 Å². The number of aryl methyl sites for hydroxylation is 1.